The quantitative estimate of drug-likeness (QED) is 0.422. The fourth-order valence-electron chi connectivity index (χ4n) is 4.19. The average Bonchev–Trinajstić information content (AvgIpc) is 2.80. The van der Waals surface area contributed by atoms with Crippen LogP contribution in [0.1, 0.15) is 54.8 Å². The SMILES string of the molecule is O=c1c(C2CCCCC2)cc(-c2ccc(OC(F)(F)F)nc2)nn1Cc1ncccc1C(F)(F)F. The van der Waals surface area contributed by atoms with E-state index in [0.29, 0.717) is 5.56 Å². The van der Waals surface area contributed by atoms with Crippen molar-refractivity contribution in [3.05, 3.63) is 69.9 Å². The van der Waals surface area contributed by atoms with Crippen molar-refractivity contribution in [3.8, 4) is 17.1 Å². The molecule has 35 heavy (non-hydrogen) atoms. The molecule has 0 unspecified atom stereocenters. The average molecular weight is 498 g/mol. The summed E-state index contributed by atoms with van der Waals surface area (Å²) in [6, 6.07) is 5.86. The van der Waals surface area contributed by atoms with Crippen LogP contribution >= 0.6 is 0 Å². The second-order valence-corrected chi connectivity index (χ2v) is 8.21. The summed E-state index contributed by atoms with van der Waals surface area (Å²) in [6.07, 6.45) is -2.95. The Balaban J connectivity index is 1.77. The Morgan fingerprint density at radius 1 is 1.00 bits per heavy atom. The largest absolute Gasteiger partial charge is 0.574 e. The minimum Gasteiger partial charge on any atom is -0.388 e. The van der Waals surface area contributed by atoms with Crippen LogP contribution in [0.25, 0.3) is 11.3 Å². The van der Waals surface area contributed by atoms with Crippen molar-refractivity contribution in [1.29, 1.82) is 0 Å². The highest BCUT2D eigenvalue weighted by Crippen LogP contribution is 2.34. The smallest absolute Gasteiger partial charge is 0.388 e. The zero-order valence-corrected chi connectivity index (χ0v) is 18.2. The van der Waals surface area contributed by atoms with E-state index >= 15 is 0 Å². The summed E-state index contributed by atoms with van der Waals surface area (Å²) in [7, 11) is 0. The molecule has 3 aromatic rings. The molecule has 1 aliphatic carbocycles. The van der Waals surface area contributed by atoms with E-state index in [2.05, 4.69) is 19.8 Å². The Labute approximate surface area is 195 Å². The van der Waals surface area contributed by atoms with Crippen molar-refractivity contribution in [2.75, 3.05) is 0 Å². The maximum atomic E-state index is 13.5. The molecule has 0 aromatic carbocycles. The van der Waals surface area contributed by atoms with Crippen molar-refractivity contribution in [1.82, 2.24) is 19.7 Å². The molecule has 1 aliphatic rings. The Hall–Kier alpha value is -3.44. The maximum absolute atomic E-state index is 13.5. The van der Waals surface area contributed by atoms with Crippen molar-refractivity contribution in [2.45, 2.75) is 57.1 Å². The topological polar surface area (TPSA) is 69.9 Å². The van der Waals surface area contributed by atoms with Gasteiger partial charge < -0.3 is 4.74 Å². The highest BCUT2D eigenvalue weighted by Gasteiger charge is 2.34. The van der Waals surface area contributed by atoms with Gasteiger partial charge in [0, 0.05) is 29.6 Å². The van der Waals surface area contributed by atoms with Crippen LogP contribution in [0, 0.1) is 0 Å². The van der Waals surface area contributed by atoms with Gasteiger partial charge in [-0.15, -0.1) is 13.2 Å². The van der Waals surface area contributed by atoms with E-state index in [4.69, 9.17) is 0 Å². The highest BCUT2D eigenvalue weighted by atomic mass is 19.4. The van der Waals surface area contributed by atoms with E-state index in [1.54, 1.807) is 6.07 Å². The van der Waals surface area contributed by atoms with E-state index < -0.39 is 36.1 Å². The van der Waals surface area contributed by atoms with Crippen LogP contribution in [0.3, 0.4) is 0 Å². The monoisotopic (exact) mass is 498 g/mol. The van der Waals surface area contributed by atoms with Gasteiger partial charge >= 0.3 is 12.5 Å². The molecule has 4 rings (SSSR count). The van der Waals surface area contributed by atoms with Crippen LogP contribution in [0.5, 0.6) is 5.88 Å². The Morgan fingerprint density at radius 2 is 1.74 bits per heavy atom. The molecule has 0 bridgehead atoms. The fraction of sp³-hybridized carbons (Fsp3) is 0.391. The summed E-state index contributed by atoms with van der Waals surface area (Å²) < 4.78 is 82.5. The van der Waals surface area contributed by atoms with Gasteiger partial charge in [0.25, 0.3) is 5.56 Å². The van der Waals surface area contributed by atoms with Gasteiger partial charge in [0.2, 0.25) is 5.88 Å². The number of nitrogens with zero attached hydrogens (tertiary/aromatic N) is 4. The van der Waals surface area contributed by atoms with Crippen molar-refractivity contribution < 1.29 is 31.1 Å². The first-order chi connectivity index (χ1) is 16.5. The van der Waals surface area contributed by atoms with Gasteiger partial charge in [-0.3, -0.25) is 9.78 Å². The summed E-state index contributed by atoms with van der Waals surface area (Å²) in [5.41, 5.74) is -0.996. The third-order valence-electron chi connectivity index (χ3n) is 5.79. The van der Waals surface area contributed by atoms with Crippen LogP contribution in [0.2, 0.25) is 0 Å². The van der Waals surface area contributed by atoms with Gasteiger partial charge in [0.15, 0.2) is 0 Å². The molecular weight excluding hydrogens is 478 g/mol. The van der Waals surface area contributed by atoms with Crippen molar-refractivity contribution >= 4 is 0 Å². The molecule has 186 valence electrons. The first kappa shape index (κ1) is 24.7. The van der Waals surface area contributed by atoms with Gasteiger partial charge in [-0.1, -0.05) is 19.3 Å². The molecule has 3 aromatic heterocycles. The maximum Gasteiger partial charge on any atom is 0.574 e. The molecule has 0 N–H and O–H groups in total. The van der Waals surface area contributed by atoms with Crippen molar-refractivity contribution in [3.63, 3.8) is 0 Å². The number of pyridine rings is 2. The van der Waals surface area contributed by atoms with Gasteiger partial charge in [-0.05, 0) is 43.0 Å². The third-order valence-corrected chi connectivity index (χ3v) is 5.79. The lowest BCUT2D eigenvalue weighted by atomic mass is 9.84. The van der Waals surface area contributed by atoms with Crippen LogP contribution in [0.4, 0.5) is 26.3 Å². The van der Waals surface area contributed by atoms with E-state index in [-0.39, 0.29) is 22.9 Å². The van der Waals surface area contributed by atoms with Crippen LogP contribution in [0.15, 0.2) is 47.5 Å². The molecule has 3 heterocycles. The molecule has 0 spiro atoms. The molecule has 1 fully saturated rings. The van der Waals surface area contributed by atoms with E-state index in [1.165, 1.54) is 12.3 Å². The summed E-state index contributed by atoms with van der Waals surface area (Å²) in [4.78, 5) is 20.7. The van der Waals surface area contributed by atoms with Crippen molar-refractivity contribution in [2.24, 2.45) is 0 Å². The molecule has 1 saturated carbocycles. The molecule has 12 heteroatoms. The second kappa shape index (κ2) is 9.67. The molecule has 0 atom stereocenters. The number of rotatable bonds is 5. The third kappa shape index (κ3) is 5.98. The predicted octanol–water partition coefficient (Wildman–Crippen LogP) is 5.71. The van der Waals surface area contributed by atoms with E-state index in [1.807, 2.05) is 0 Å². The molecule has 6 nitrogen and oxygen atoms in total. The molecule has 0 saturated heterocycles. The lowest BCUT2D eigenvalue weighted by Gasteiger charge is -2.22. The first-order valence-electron chi connectivity index (χ1n) is 10.9. The Kier molecular flexibility index (Phi) is 6.82. The lowest BCUT2D eigenvalue weighted by molar-refractivity contribution is -0.276. The zero-order valence-electron chi connectivity index (χ0n) is 18.2. The number of halogens is 6. The zero-order chi connectivity index (χ0) is 25.2. The lowest BCUT2D eigenvalue weighted by Crippen LogP contribution is -2.30. The minimum absolute atomic E-state index is 0.101. The number of ether oxygens (including phenoxy) is 1. The number of hydrogen-bond acceptors (Lipinski definition) is 5. The van der Waals surface area contributed by atoms with Gasteiger partial charge in [0.1, 0.15) is 0 Å². The molecular formula is C23H20F6N4O2. The first-order valence-corrected chi connectivity index (χ1v) is 10.9. The van der Waals surface area contributed by atoms with Crippen LogP contribution < -0.4 is 10.3 Å². The van der Waals surface area contributed by atoms with Gasteiger partial charge in [0.05, 0.1) is 23.5 Å². The number of alkyl halides is 6. The second-order valence-electron chi connectivity index (χ2n) is 8.21. The number of hydrogen-bond donors (Lipinski definition) is 0. The Bertz CT molecular complexity index is 1230. The summed E-state index contributed by atoms with van der Waals surface area (Å²) in [6.45, 7) is -0.523. The summed E-state index contributed by atoms with van der Waals surface area (Å²) >= 11 is 0. The highest BCUT2D eigenvalue weighted by molar-refractivity contribution is 5.58. The van der Waals surface area contributed by atoms with Crippen LogP contribution in [-0.2, 0) is 12.7 Å². The summed E-state index contributed by atoms with van der Waals surface area (Å²) in [5, 5.41) is 4.21. The molecule has 0 amide bonds. The van der Waals surface area contributed by atoms with E-state index in [9.17, 15) is 31.1 Å². The predicted molar refractivity (Wildman–Crippen MR) is 113 cm³/mol. The Morgan fingerprint density at radius 3 is 2.37 bits per heavy atom. The molecule has 0 aliphatic heterocycles. The van der Waals surface area contributed by atoms with E-state index in [0.717, 1.165) is 61.2 Å². The molecule has 0 radical (unpaired) electrons. The normalized spacial score (nSPS) is 15.3. The van der Waals surface area contributed by atoms with Gasteiger partial charge in [-0.25, -0.2) is 9.67 Å². The summed E-state index contributed by atoms with van der Waals surface area (Å²) in [5.74, 6) is -0.777. The number of aromatic nitrogens is 4. The van der Waals surface area contributed by atoms with Crippen LogP contribution in [-0.4, -0.2) is 26.1 Å². The standard InChI is InChI=1S/C23H20F6N4O2/c24-22(25,26)17-7-4-10-30-19(17)13-33-21(34)16(14-5-2-1-3-6-14)11-18(32-33)15-8-9-20(31-12-15)35-23(27,28)29/h4,7-12,14H,1-3,5-6,13H2. The van der Waals surface area contributed by atoms with Gasteiger partial charge in [-0.2, -0.15) is 18.3 Å². The fourth-order valence-corrected chi connectivity index (χ4v) is 4.19. The minimum atomic E-state index is -4.91.